The summed E-state index contributed by atoms with van der Waals surface area (Å²) in [6.07, 6.45) is 0. The summed E-state index contributed by atoms with van der Waals surface area (Å²) in [5.74, 6) is 2.02. The van der Waals surface area contributed by atoms with Crippen molar-refractivity contribution in [1.82, 2.24) is 9.97 Å². The zero-order chi connectivity index (χ0) is 13.8. The highest BCUT2D eigenvalue weighted by molar-refractivity contribution is 5.38. The Balaban J connectivity index is 2.27. The van der Waals surface area contributed by atoms with Crippen LogP contribution in [0.4, 0.5) is 5.82 Å². The van der Waals surface area contributed by atoms with Crippen LogP contribution in [-0.4, -0.2) is 17.1 Å². The van der Waals surface area contributed by atoms with Crippen LogP contribution in [0.15, 0.2) is 24.3 Å². The van der Waals surface area contributed by atoms with E-state index in [0.717, 1.165) is 16.9 Å². The maximum Gasteiger partial charge on any atom is 0.224 e. The molecule has 0 aliphatic rings. The Kier molecular flexibility index (Phi) is 3.97. The number of ether oxygens (including phenoxy) is 2. The number of benzene rings is 1. The van der Waals surface area contributed by atoms with E-state index in [9.17, 15) is 0 Å². The molecular formula is C14H17N3O2. The number of nitrogens with two attached hydrogens (primary N) is 1. The number of methoxy groups -OCH3 is 1. The predicted octanol–water partition coefficient (Wildman–Crippen LogP) is 2.61. The summed E-state index contributed by atoms with van der Waals surface area (Å²) in [6.45, 7) is 4.34. The van der Waals surface area contributed by atoms with Gasteiger partial charge in [0.15, 0.2) is 5.82 Å². The molecule has 1 aromatic carbocycles. The van der Waals surface area contributed by atoms with E-state index in [1.165, 1.54) is 0 Å². The number of rotatable bonds is 4. The van der Waals surface area contributed by atoms with E-state index in [-0.39, 0.29) is 0 Å². The van der Waals surface area contributed by atoms with Crippen molar-refractivity contribution in [2.24, 2.45) is 0 Å². The molecule has 100 valence electrons. The van der Waals surface area contributed by atoms with Gasteiger partial charge in [-0.25, -0.2) is 4.98 Å². The molecule has 2 aromatic rings. The van der Waals surface area contributed by atoms with Crippen molar-refractivity contribution in [3.63, 3.8) is 0 Å². The summed E-state index contributed by atoms with van der Waals surface area (Å²) in [7, 11) is 1.58. The first-order valence-electron chi connectivity index (χ1n) is 5.95. The van der Waals surface area contributed by atoms with Gasteiger partial charge in [-0.05, 0) is 37.1 Å². The summed E-state index contributed by atoms with van der Waals surface area (Å²) >= 11 is 0. The van der Waals surface area contributed by atoms with Gasteiger partial charge in [-0.3, -0.25) is 0 Å². The molecule has 0 bridgehead atoms. The number of nitrogens with zero attached hydrogens (tertiary/aromatic N) is 2. The molecule has 2 rings (SSSR count). The molecule has 0 saturated heterocycles. The third-order valence-electron chi connectivity index (χ3n) is 2.46. The summed E-state index contributed by atoms with van der Waals surface area (Å²) in [6, 6.07) is 7.57. The molecule has 5 nitrogen and oxygen atoms in total. The highest BCUT2D eigenvalue weighted by Gasteiger charge is 2.05. The second kappa shape index (κ2) is 5.67. The van der Waals surface area contributed by atoms with Crippen LogP contribution in [0, 0.1) is 13.8 Å². The highest BCUT2D eigenvalue weighted by atomic mass is 16.5. The van der Waals surface area contributed by atoms with Crippen LogP contribution in [0.2, 0.25) is 0 Å². The van der Waals surface area contributed by atoms with Crippen LogP contribution in [0.5, 0.6) is 11.6 Å². The Morgan fingerprint density at radius 1 is 1.05 bits per heavy atom. The highest BCUT2D eigenvalue weighted by Crippen LogP contribution is 2.23. The second-order valence-electron chi connectivity index (χ2n) is 4.41. The monoisotopic (exact) mass is 259 g/mol. The molecule has 1 heterocycles. The molecule has 1 aromatic heterocycles. The molecule has 0 amide bonds. The van der Waals surface area contributed by atoms with Crippen LogP contribution in [0.3, 0.4) is 0 Å². The summed E-state index contributed by atoms with van der Waals surface area (Å²) in [4.78, 5) is 8.30. The third-order valence-corrected chi connectivity index (χ3v) is 2.46. The number of aromatic nitrogens is 2. The Labute approximate surface area is 112 Å². The maximum absolute atomic E-state index is 5.72. The largest absolute Gasteiger partial charge is 0.439 e. The minimum Gasteiger partial charge on any atom is -0.439 e. The van der Waals surface area contributed by atoms with Gasteiger partial charge < -0.3 is 15.2 Å². The second-order valence-corrected chi connectivity index (χ2v) is 4.41. The zero-order valence-electron chi connectivity index (χ0n) is 11.3. The van der Waals surface area contributed by atoms with Crippen LogP contribution in [-0.2, 0) is 11.3 Å². The van der Waals surface area contributed by atoms with Gasteiger partial charge in [0.1, 0.15) is 18.2 Å². The van der Waals surface area contributed by atoms with E-state index in [2.05, 4.69) is 16.0 Å². The van der Waals surface area contributed by atoms with E-state index in [0.29, 0.717) is 24.1 Å². The average molecular weight is 259 g/mol. The molecule has 0 fully saturated rings. The third kappa shape index (κ3) is 3.66. The van der Waals surface area contributed by atoms with Gasteiger partial charge in [0.2, 0.25) is 5.88 Å². The van der Waals surface area contributed by atoms with Crippen LogP contribution < -0.4 is 10.5 Å². The quantitative estimate of drug-likeness (QED) is 0.913. The predicted molar refractivity (Wildman–Crippen MR) is 73.1 cm³/mol. The first kappa shape index (κ1) is 13.3. The molecule has 2 N–H and O–H groups in total. The molecule has 19 heavy (non-hydrogen) atoms. The van der Waals surface area contributed by atoms with Crippen molar-refractivity contribution >= 4 is 5.82 Å². The van der Waals surface area contributed by atoms with Crippen molar-refractivity contribution in [1.29, 1.82) is 0 Å². The molecular weight excluding hydrogens is 242 g/mol. The lowest BCUT2D eigenvalue weighted by Gasteiger charge is -2.08. The normalized spacial score (nSPS) is 10.5. The summed E-state index contributed by atoms with van der Waals surface area (Å²) < 4.78 is 10.7. The number of anilines is 1. The van der Waals surface area contributed by atoms with Gasteiger partial charge in [-0.15, -0.1) is 0 Å². The maximum atomic E-state index is 5.72. The summed E-state index contributed by atoms with van der Waals surface area (Å²) in [5, 5.41) is 0. The van der Waals surface area contributed by atoms with Crippen molar-refractivity contribution in [2.45, 2.75) is 20.5 Å². The minimum atomic E-state index is 0.300. The Morgan fingerprint density at radius 2 is 1.74 bits per heavy atom. The van der Waals surface area contributed by atoms with E-state index in [1.807, 2.05) is 26.0 Å². The first-order chi connectivity index (χ1) is 9.06. The molecule has 0 aliphatic heterocycles. The Morgan fingerprint density at radius 3 is 2.37 bits per heavy atom. The van der Waals surface area contributed by atoms with Crippen molar-refractivity contribution in [3.05, 3.63) is 41.2 Å². The van der Waals surface area contributed by atoms with Crippen LogP contribution >= 0.6 is 0 Å². The standard InChI is InChI=1S/C14H17N3O2/c1-9-4-10(2)6-11(5-9)19-14-7-12(15)16-13(17-14)8-18-3/h4-7H,8H2,1-3H3,(H2,15,16,17). The van der Waals surface area contributed by atoms with Gasteiger partial charge in [0.05, 0.1) is 0 Å². The van der Waals surface area contributed by atoms with E-state index < -0.39 is 0 Å². The Hall–Kier alpha value is -2.14. The van der Waals surface area contributed by atoms with Gasteiger partial charge >= 0.3 is 0 Å². The molecule has 0 spiro atoms. The average Bonchev–Trinajstić information content (AvgIpc) is 2.26. The van der Waals surface area contributed by atoms with Gasteiger partial charge in [-0.2, -0.15) is 4.98 Å². The number of hydrogen-bond donors (Lipinski definition) is 1. The van der Waals surface area contributed by atoms with Gasteiger partial charge in [0.25, 0.3) is 0 Å². The fourth-order valence-electron chi connectivity index (χ4n) is 1.85. The van der Waals surface area contributed by atoms with Gasteiger partial charge in [0, 0.05) is 13.2 Å². The van der Waals surface area contributed by atoms with E-state index in [4.69, 9.17) is 15.2 Å². The number of aryl methyl sites for hydroxylation is 2. The molecule has 0 atom stereocenters. The first-order valence-corrected chi connectivity index (χ1v) is 5.95. The number of hydrogen-bond acceptors (Lipinski definition) is 5. The van der Waals surface area contributed by atoms with Gasteiger partial charge in [-0.1, -0.05) is 6.07 Å². The SMILES string of the molecule is COCc1nc(N)cc(Oc2cc(C)cc(C)c2)n1. The van der Waals surface area contributed by atoms with Crippen molar-refractivity contribution in [3.8, 4) is 11.6 Å². The van der Waals surface area contributed by atoms with Crippen molar-refractivity contribution in [2.75, 3.05) is 12.8 Å². The minimum absolute atomic E-state index is 0.300. The Bertz CT molecular complexity index is 565. The fraction of sp³-hybridized carbons (Fsp3) is 0.286. The molecule has 0 unspecified atom stereocenters. The molecule has 0 aliphatic carbocycles. The lowest BCUT2D eigenvalue weighted by Crippen LogP contribution is -2.02. The van der Waals surface area contributed by atoms with Crippen LogP contribution in [0.1, 0.15) is 17.0 Å². The number of nitrogen functional groups attached to an aromatic ring is 1. The van der Waals surface area contributed by atoms with Crippen molar-refractivity contribution < 1.29 is 9.47 Å². The van der Waals surface area contributed by atoms with E-state index in [1.54, 1.807) is 13.2 Å². The fourth-order valence-corrected chi connectivity index (χ4v) is 1.85. The smallest absolute Gasteiger partial charge is 0.224 e. The van der Waals surface area contributed by atoms with Crippen LogP contribution in [0.25, 0.3) is 0 Å². The zero-order valence-corrected chi connectivity index (χ0v) is 11.3. The lowest BCUT2D eigenvalue weighted by atomic mass is 10.1. The van der Waals surface area contributed by atoms with E-state index >= 15 is 0 Å². The topological polar surface area (TPSA) is 70.3 Å². The summed E-state index contributed by atoms with van der Waals surface area (Å²) in [5.41, 5.74) is 7.98. The molecule has 0 radical (unpaired) electrons. The lowest BCUT2D eigenvalue weighted by molar-refractivity contribution is 0.177. The molecule has 0 saturated carbocycles. The molecule has 5 heteroatoms.